The summed E-state index contributed by atoms with van der Waals surface area (Å²) in [5.74, 6) is -0.404. The number of nitriles is 1. The molecular formula is C30H29ClN6O2S2. The number of Topliss-reactive ketones (excluding diaryl/α,β-unsaturated/α-hetero) is 1. The number of hydrogen-bond donors (Lipinski definition) is 2. The Morgan fingerprint density at radius 2 is 1.90 bits per heavy atom. The zero-order valence-electron chi connectivity index (χ0n) is 22.9. The Labute approximate surface area is 252 Å². The summed E-state index contributed by atoms with van der Waals surface area (Å²) in [6.45, 7) is 6.16. The molecule has 8 nitrogen and oxygen atoms in total. The van der Waals surface area contributed by atoms with Crippen molar-refractivity contribution in [3.63, 3.8) is 0 Å². The highest BCUT2D eigenvalue weighted by atomic mass is 35.5. The first-order valence-electron chi connectivity index (χ1n) is 13.2. The molecule has 210 valence electrons. The van der Waals surface area contributed by atoms with Crippen molar-refractivity contribution in [1.82, 2.24) is 10.2 Å². The molecule has 1 atom stereocenters. The summed E-state index contributed by atoms with van der Waals surface area (Å²) in [6, 6.07) is 17.2. The van der Waals surface area contributed by atoms with E-state index in [-0.39, 0.29) is 34.3 Å². The zero-order chi connectivity index (χ0) is 29.3. The van der Waals surface area contributed by atoms with Gasteiger partial charge in [-0.3, -0.25) is 14.5 Å². The van der Waals surface area contributed by atoms with E-state index in [0.29, 0.717) is 32.9 Å². The normalized spacial score (nSPS) is 18.3. The monoisotopic (exact) mass is 604 g/mol. The van der Waals surface area contributed by atoms with Gasteiger partial charge in [-0.2, -0.15) is 5.26 Å². The van der Waals surface area contributed by atoms with Crippen LogP contribution < -0.4 is 16.0 Å². The Hall–Kier alpha value is -3.65. The lowest BCUT2D eigenvalue weighted by Crippen LogP contribution is -2.42. The Kier molecular flexibility index (Phi) is 8.23. The van der Waals surface area contributed by atoms with Crippen LogP contribution in [0.2, 0.25) is 5.02 Å². The number of rotatable bonds is 7. The van der Waals surface area contributed by atoms with E-state index >= 15 is 0 Å². The second-order valence-corrected chi connectivity index (χ2v) is 13.4. The van der Waals surface area contributed by atoms with Crippen LogP contribution in [-0.4, -0.2) is 27.6 Å². The lowest BCUT2D eigenvalue weighted by molar-refractivity contribution is -0.118. The number of amides is 1. The molecule has 1 aliphatic heterocycles. The van der Waals surface area contributed by atoms with Gasteiger partial charge in [-0.05, 0) is 53.6 Å². The van der Waals surface area contributed by atoms with E-state index in [1.54, 1.807) is 17.0 Å². The van der Waals surface area contributed by atoms with Gasteiger partial charge in [0.1, 0.15) is 5.82 Å². The fourth-order valence-corrected chi connectivity index (χ4v) is 7.02. The molecule has 0 bridgehead atoms. The molecular weight excluding hydrogens is 576 g/mol. The highest BCUT2D eigenvalue weighted by Gasteiger charge is 2.45. The fourth-order valence-electron chi connectivity index (χ4n) is 5.22. The number of ketones is 1. The van der Waals surface area contributed by atoms with Gasteiger partial charge in [-0.15, -0.1) is 10.2 Å². The minimum Gasteiger partial charge on any atom is -0.384 e. The molecule has 11 heteroatoms. The summed E-state index contributed by atoms with van der Waals surface area (Å²) >= 11 is 8.66. The van der Waals surface area contributed by atoms with Gasteiger partial charge in [-0.1, -0.05) is 79.7 Å². The van der Waals surface area contributed by atoms with Gasteiger partial charge in [0.05, 0.1) is 23.3 Å². The van der Waals surface area contributed by atoms with E-state index in [4.69, 9.17) is 17.3 Å². The molecule has 41 heavy (non-hydrogen) atoms. The molecule has 0 radical (unpaired) electrons. The number of hydrogen-bond acceptors (Lipinski definition) is 9. The van der Waals surface area contributed by atoms with Crippen LogP contribution in [-0.2, 0) is 16.0 Å². The summed E-state index contributed by atoms with van der Waals surface area (Å²) in [7, 11) is 0. The number of aryl methyl sites for hydroxylation is 1. The van der Waals surface area contributed by atoms with Gasteiger partial charge in [0.2, 0.25) is 11.0 Å². The van der Waals surface area contributed by atoms with Crippen molar-refractivity contribution in [1.29, 1.82) is 5.26 Å². The van der Waals surface area contributed by atoms with Crippen LogP contribution in [0.1, 0.15) is 50.7 Å². The molecule has 0 spiro atoms. The predicted octanol–water partition coefficient (Wildman–Crippen LogP) is 6.43. The fraction of sp³-hybridized carbons (Fsp3) is 0.300. The van der Waals surface area contributed by atoms with E-state index in [2.05, 4.69) is 28.5 Å². The molecule has 1 unspecified atom stereocenters. The van der Waals surface area contributed by atoms with Crippen molar-refractivity contribution in [3.8, 4) is 6.07 Å². The zero-order valence-corrected chi connectivity index (χ0v) is 25.3. The number of carbonyl (C=O) groups excluding carboxylic acids is 2. The van der Waals surface area contributed by atoms with E-state index in [9.17, 15) is 14.9 Å². The molecule has 2 aliphatic rings. The van der Waals surface area contributed by atoms with Crippen molar-refractivity contribution < 1.29 is 9.59 Å². The first-order valence-corrected chi connectivity index (χ1v) is 15.3. The van der Waals surface area contributed by atoms with Gasteiger partial charge >= 0.3 is 0 Å². The maximum atomic E-state index is 13.6. The third-order valence-corrected chi connectivity index (χ3v) is 9.44. The molecule has 1 aromatic heterocycles. The minimum atomic E-state index is -0.594. The van der Waals surface area contributed by atoms with Gasteiger partial charge < -0.3 is 11.1 Å². The molecule has 0 saturated heterocycles. The molecule has 0 fully saturated rings. The van der Waals surface area contributed by atoms with Crippen molar-refractivity contribution in [2.24, 2.45) is 11.1 Å². The number of aromatic nitrogens is 2. The average Bonchev–Trinajstić information content (AvgIpc) is 3.40. The number of nitrogens with two attached hydrogens (primary N) is 1. The van der Waals surface area contributed by atoms with Crippen LogP contribution in [0.15, 0.2) is 75.5 Å². The third kappa shape index (κ3) is 6.03. The highest BCUT2D eigenvalue weighted by molar-refractivity contribution is 8.01. The Morgan fingerprint density at radius 3 is 2.56 bits per heavy atom. The molecule has 2 heterocycles. The van der Waals surface area contributed by atoms with Gasteiger partial charge in [0, 0.05) is 28.4 Å². The van der Waals surface area contributed by atoms with Crippen molar-refractivity contribution in [2.75, 3.05) is 16.0 Å². The number of allylic oxidation sites excluding steroid dienone is 3. The van der Waals surface area contributed by atoms with E-state index in [1.165, 1.54) is 28.7 Å². The summed E-state index contributed by atoms with van der Waals surface area (Å²) in [6.07, 6.45) is 1.86. The number of nitrogens with zero attached hydrogens (tertiary/aromatic N) is 4. The average molecular weight is 605 g/mol. The van der Waals surface area contributed by atoms with Gasteiger partial charge in [-0.25, -0.2) is 0 Å². The molecule has 3 aromatic rings. The maximum absolute atomic E-state index is 13.6. The molecule has 1 aliphatic carbocycles. The smallest absolute Gasteiger partial charge is 0.234 e. The quantitative estimate of drug-likeness (QED) is 0.296. The number of anilines is 2. The van der Waals surface area contributed by atoms with E-state index in [1.807, 2.05) is 50.2 Å². The largest absolute Gasteiger partial charge is 0.384 e. The lowest BCUT2D eigenvalue weighted by Gasteiger charge is -2.42. The van der Waals surface area contributed by atoms with Crippen molar-refractivity contribution in [3.05, 3.63) is 87.3 Å². The lowest BCUT2D eigenvalue weighted by atomic mass is 9.69. The van der Waals surface area contributed by atoms with Gasteiger partial charge in [0.25, 0.3) is 0 Å². The second kappa shape index (κ2) is 11.7. The van der Waals surface area contributed by atoms with Crippen LogP contribution in [0, 0.1) is 16.7 Å². The van der Waals surface area contributed by atoms with Crippen LogP contribution >= 0.6 is 34.7 Å². The Bertz CT molecular complexity index is 1600. The first-order chi connectivity index (χ1) is 19.6. The highest BCUT2D eigenvalue weighted by Crippen LogP contribution is 2.50. The second-order valence-electron chi connectivity index (χ2n) is 10.8. The van der Waals surface area contributed by atoms with Crippen LogP contribution in [0.5, 0.6) is 0 Å². The SMILES string of the molecule is CCc1ccc(NC(=O)CSc2nnc(N3C(N)=C(C#N)C(c4ccc(Cl)cc4)C4=C3CC(C)(C)CC4=O)s2)cc1. The third-order valence-electron chi connectivity index (χ3n) is 7.14. The van der Waals surface area contributed by atoms with Crippen molar-refractivity contribution >= 4 is 57.2 Å². The molecule has 5 rings (SSSR count). The number of nitrogens with one attached hydrogen (secondary N) is 1. The number of benzene rings is 2. The summed E-state index contributed by atoms with van der Waals surface area (Å²) in [5.41, 5.74) is 10.6. The van der Waals surface area contributed by atoms with Crippen LogP contribution in [0.4, 0.5) is 10.8 Å². The summed E-state index contributed by atoms with van der Waals surface area (Å²) in [4.78, 5) is 27.9. The molecule has 1 amide bonds. The molecule has 2 aromatic carbocycles. The van der Waals surface area contributed by atoms with Crippen LogP contribution in [0.3, 0.4) is 0 Å². The van der Waals surface area contributed by atoms with Crippen molar-refractivity contribution in [2.45, 2.75) is 50.3 Å². The summed E-state index contributed by atoms with van der Waals surface area (Å²) < 4.78 is 0.575. The van der Waals surface area contributed by atoms with E-state index < -0.39 is 5.92 Å². The Balaban J connectivity index is 1.43. The van der Waals surface area contributed by atoms with Gasteiger partial charge in [0.15, 0.2) is 10.1 Å². The number of carbonyl (C=O) groups is 2. The topological polar surface area (TPSA) is 125 Å². The first kappa shape index (κ1) is 28.9. The predicted molar refractivity (Wildman–Crippen MR) is 164 cm³/mol. The molecule has 0 saturated carbocycles. The summed E-state index contributed by atoms with van der Waals surface area (Å²) in [5, 5.41) is 22.8. The Morgan fingerprint density at radius 1 is 1.20 bits per heavy atom. The number of halogens is 1. The number of thioether (sulfide) groups is 1. The molecule has 3 N–H and O–H groups in total. The van der Waals surface area contributed by atoms with E-state index in [0.717, 1.165) is 23.4 Å². The minimum absolute atomic E-state index is 0.0239. The maximum Gasteiger partial charge on any atom is 0.234 e. The van der Waals surface area contributed by atoms with Crippen LogP contribution in [0.25, 0.3) is 0 Å². The standard InChI is InChI=1S/C30H29ClN6O2S2/c1-4-17-5-11-20(12-6-17)34-24(39)16-40-29-36-35-28(41-29)37-22-13-30(2,3)14-23(38)26(22)25(21(15-32)27(37)33)18-7-9-19(31)10-8-18/h5-12,25H,4,13-14,16,33H2,1-3H3,(H,34,39).